The number of hydrogen-bond donors (Lipinski definition) is 0. The Morgan fingerprint density at radius 3 is 2.35 bits per heavy atom. The largest absolute Gasteiger partial charge is 0.455 e. The van der Waals surface area contributed by atoms with Gasteiger partial charge in [-0.1, -0.05) is 20.8 Å². The highest BCUT2D eigenvalue weighted by Gasteiger charge is 2.32. The number of amides is 1. The topological polar surface area (TPSA) is 68.7 Å². The third-order valence-corrected chi connectivity index (χ3v) is 4.91. The van der Waals surface area contributed by atoms with Crippen LogP contribution in [-0.2, 0) is 20.7 Å². The number of aryl methyl sites for hydroxylation is 1. The highest BCUT2D eigenvalue weighted by atomic mass is 32.1. The Labute approximate surface area is 160 Å². The van der Waals surface area contributed by atoms with Crippen LogP contribution in [0.2, 0.25) is 0 Å². The van der Waals surface area contributed by atoms with E-state index in [1.54, 1.807) is 11.9 Å². The van der Waals surface area contributed by atoms with Crippen molar-refractivity contribution in [2.45, 2.75) is 79.1 Å². The van der Waals surface area contributed by atoms with Gasteiger partial charge in [-0.2, -0.15) is 0 Å². The molecule has 6 nitrogen and oxygen atoms in total. The number of ether oxygens (including phenoxy) is 2. The molecule has 148 valence electrons. The summed E-state index contributed by atoms with van der Waals surface area (Å²) in [7, 11) is 1.73. The van der Waals surface area contributed by atoms with Gasteiger partial charge in [0.25, 0.3) is 0 Å². The van der Waals surface area contributed by atoms with Crippen LogP contribution >= 0.6 is 11.3 Å². The number of esters is 1. The van der Waals surface area contributed by atoms with Gasteiger partial charge in [0.1, 0.15) is 10.6 Å². The summed E-state index contributed by atoms with van der Waals surface area (Å²) in [4.78, 5) is 30.2. The molecule has 0 bridgehead atoms. The summed E-state index contributed by atoms with van der Waals surface area (Å²) in [6, 6.07) is -0.150. The summed E-state index contributed by atoms with van der Waals surface area (Å²) in [6.07, 6.45) is 0.444. The SMILES string of the molecule is CCc1csc([C@H](CC(C(C)C)N(C)C(=O)OC(C)(C)C)OC(C)=O)n1. The van der Waals surface area contributed by atoms with Crippen LogP contribution in [0, 0.1) is 5.92 Å². The monoisotopic (exact) mass is 384 g/mol. The first-order valence-electron chi connectivity index (χ1n) is 9.01. The number of aromatic nitrogens is 1. The quantitative estimate of drug-likeness (QED) is 0.643. The molecule has 0 N–H and O–H groups in total. The molecule has 1 unspecified atom stereocenters. The van der Waals surface area contributed by atoms with Crippen molar-refractivity contribution in [3.63, 3.8) is 0 Å². The van der Waals surface area contributed by atoms with Crippen LogP contribution in [0.5, 0.6) is 0 Å². The van der Waals surface area contributed by atoms with Gasteiger partial charge in [0.05, 0.1) is 5.69 Å². The second-order valence-corrected chi connectivity index (χ2v) is 8.66. The smallest absolute Gasteiger partial charge is 0.410 e. The molecule has 0 radical (unpaired) electrons. The average Bonchev–Trinajstić information content (AvgIpc) is 2.97. The molecule has 0 spiro atoms. The third-order valence-electron chi connectivity index (χ3n) is 3.92. The summed E-state index contributed by atoms with van der Waals surface area (Å²) in [6.45, 7) is 13.0. The van der Waals surface area contributed by atoms with Crippen molar-refractivity contribution in [2.75, 3.05) is 7.05 Å². The van der Waals surface area contributed by atoms with E-state index in [1.165, 1.54) is 18.3 Å². The first kappa shape index (κ1) is 22.4. The molecule has 0 aliphatic carbocycles. The summed E-state index contributed by atoms with van der Waals surface area (Å²) >= 11 is 1.49. The highest BCUT2D eigenvalue weighted by Crippen LogP contribution is 2.30. The van der Waals surface area contributed by atoms with E-state index in [0.717, 1.165) is 17.1 Å². The average molecular weight is 385 g/mol. The Balaban J connectivity index is 3.01. The van der Waals surface area contributed by atoms with Crippen LogP contribution in [0.1, 0.15) is 71.7 Å². The lowest BCUT2D eigenvalue weighted by Crippen LogP contribution is -2.44. The van der Waals surface area contributed by atoms with Crippen LogP contribution < -0.4 is 0 Å². The number of thiazole rings is 1. The van der Waals surface area contributed by atoms with Crippen molar-refractivity contribution < 1.29 is 19.1 Å². The van der Waals surface area contributed by atoms with E-state index in [-0.39, 0.29) is 24.0 Å². The molecular weight excluding hydrogens is 352 g/mol. The van der Waals surface area contributed by atoms with Crippen LogP contribution in [0.25, 0.3) is 0 Å². The van der Waals surface area contributed by atoms with Crippen molar-refractivity contribution in [2.24, 2.45) is 5.92 Å². The van der Waals surface area contributed by atoms with Gasteiger partial charge in [-0.3, -0.25) is 4.79 Å². The van der Waals surface area contributed by atoms with Gasteiger partial charge in [-0.25, -0.2) is 9.78 Å². The van der Waals surface area contributed by atoms with Crippen molar-refractivity contribution in [3.8, 4) is 0 Å². The summed E-state index contributed by atoms with van der Waals surface area (Å²) < 4.78 is 11.0. The molecule has 1 rings (SSSR count). The van der Waals surface area contributed by atoms with Crippen LogP contribution in [-0.4, -0.2) is 40.6 Å². The zero-order valence-corrected chi connectivity index (χ0v) is 18.0. The molecule has 1 amide bonds. The Bertz CT molecular complexity index is 607. The molecule has 2 atom stereocenters. The zero-order valence-electron chi connectivity index (χ0n) is 17.2. The van der Waals surface area contributed by atoms with E-state index in [0.29, 0.717) is 6.42 Å². The second-order valence-electron chi connectivity index (χ2n) is 7.77. The maximum absolute atomic E-state index is 12.5. The van der Waals surface area contributed by atoms with E-state index >= 15 is 0 Å². The Kier molecular flexibility index (Phi) is 8.06. The first-order chi connectivity index (χ1) is 11.9. The molecule has 7 heteroatoms. The molecule has 1 aromatic rings. The number of nitrogens with zero attached hydrogens (tertiary/aromatic N) is 2. The predicted molar refractivity (Wildman–Crippen MR) is 103 cm³/mol. The molecule has 0 fully saturated rings. The maximum Gasteiger partial charge on any atom is 0.410 e. The number of carbonyl (C=O) groups excluding carboxylic acids is 2. The lowest BCUT2D eigenvalue weighted by molar-refractivity contribution is -0.147. The lowest BCUT2D eigenvalue weighted by Gasteiger charge is -2.34. The summed E-state index contributed by atoms with van der Waals surface area (Å²) in [5, 5.41) is 2.74. The van der Waals surface area contributed by atoms with Gasteiger partial charge in [0, 0.05) is 31.8 Å². The summed E-state index contributed by atoms with van der Waals surface area (Å²) in [5.41, 5.74) is 0.414. The van der Waals surface area contributed by atoms with Crippen LogP contribution in [0.15, 0.2) is 5.38 Å². The Morgan fingerprint density at radius 1 is 1.31 bits per heavy atom. The van der Waals surface area contributed by atoms with Gasteiger partial charge in [-0.15, -0.1) is 11.3 Å². The van der Waals surface area contributed by atoms with E-state index in [4.69, 9.17) is 9.47 Å². The van der Waals surface area contributed by atoms with E-state index in [2.05, 4.69) is 4.98 Å². The lowest BCUT2D eigenvalue weighted by atomic mass is 9.96. The molecule has 1 heterocycles. The fraction of sp³-hybridized carbons (Fsp3) is 0.737. The molecule has 0 aliphatic rings. The zero-order chi connectivity index (χ0) is 20.1. The minimum Gasteiger partial charge on any atom is -0.455 e. The Morgan fingerprint density at radius 2 is 1.92 bits per heavy atom. The third kappa shape index (κ3) is 6.94. The van der Waals surface area contributed by atoms with Crippen LogP contribution in [0.4, 0.5) is 4.79 Å². The van der Waals surface area contributed by atoms with Crippen LogP contribution in [0.3, 0.4) is 0 Å². The maximum atomic E-state index is 12.5. The summed E-state index contributed by atoms with van der Waals surface area (Å²) in [5.74, 6) is -0.193. The molecule has 0 aliphatic heterocycles. The van der Waals surface area contributed by atoms with E-state index < -0.39 is 11.7 Å². The normalized spacial score (nSPS) is 14.0. The minimum atomic E-state index is -0.562. The highest BCUT2D eigenvalue weighted by molar-refractivity contribution is 7.09. The minimum absolute atomic E-state index is 0.150. The number of rotatable bonds is 7. The van der Waals surface area contributed by atoms with Gasteiger partial charge in [0.15, 0.2) is 6.10 Å². The van der Waals surface area contributed by atoms with E-state index in [9.17, 15) is 9.59 Å². The van der Waals surface area contributed by atoms with Crippen molar-refractivity contribution in [1.82, 2.24) is 9.88 Å². The molecule has 0 aromatic carbocycles. The van der Waals surface area contributed by atoms with Crippen molar-refractivity contribution in [3.05, 3.63) is 16.1 Å². The molecule has 1 aromatic heterocycles. The Hall–Kier alpha value is -1.63. The van der Waals surface area contributed by atoms with E-state index in [1.807, 2.05) is 46.9 Å². The van der Waals surface area contributed by atoms with Gasteiger partial charge in [0.2, 0.25) is 0 Å². The number of hydrogen-bond acceptors (Lipinski definition) is 6. The fourth-order valence-electron chi connectivity index (χ4n) is 2.60. The fourth-order valence-corrected chi connectivity index (χ4v) is 3.54. The first-order valence-corrected chi connectivity index (χ1v) is 9.89. The molecular formula is C19H32N2O4S. The predicted octanol–water partition coefficient (Wildman–Crippen LogP) is 4.59. The second kappa shape index (κ2) is 9.35. The van der Waals surface area contributed by atoms with Gasteiger partial charge in [-0.05, 0) is 33.1 Å². The van der Waals surface area contributed by atoms with Crippen molar-refractivity contribution >= 4 is 23.4 Å². The molecule has 0 saturated carbocycles. The van der Waals surface area contributed by atoms with Crippen molar-refractivity contribution in [1.29, 1.82) is 0 Å². The molecule has 0 saturated heterocycles. The standard InChI is InChI=1S/C19H32N2O4S/c1-9-14-11-26-17(20-14)16(24-13(4)22)10-15(12(2)3)21(8)18(23)25-19(5,6)7/h11-12,15-16H,9-10H2,1-8H3/t15?,16-/m0/s1. The van der Waals surface area contributed by atoms with Gasteiger partial charge >= 0.3 is 12.1 Å². The van der Waals surface area contributed by atoms with Gasteiger partial charge < -0.3 is 14.4 Å². The number of carbonyl (C=O) groups is 2. The molecule has 26 heavy (non-hydrogen) atoms.